The zero-order valence-corrected chi connectivity index (χ0v) is 44.3. The van der Waals surface area contributed by atoms with E-state index in [4.69, 9.17) is 17.2 Å². The summed E-state index contributed by atoms with van der Waals surface area (Å²) in [6, 6.07) is 10.3. The number of unbranched alkanes of at least 4 members (excludes halogenated alkanes) is 1. The summed E-state index contributed by atoms with van der Waals surface area (Å²) in [6.07, 6.45) is 2.86. The second-order valence-electron chi connectivity index (χ2n) is 18.9. The summed E-state index contributed by atoms with van der Waals surface area (Å²) in [5.41, 5.74) is 21.0. The molecule has 0 aliphatic carbocycles. The van der Waals surface area contributed by atoms with E-state index in [2.05, 4.69) is 72.4 Å². The van der Waals surface area contributed by atoms with Crippen molar-refractivity contribution in [1.82, 2.24) is 47.2 Å². The third-order valence-corrected chi connectivity index (χ3v) is 13.5. The highest BCUT2D eigenvalue weighted by atomic mass is 32.1. The molecule has 5 rings (SSSR count). The van der Waals surface area contributed by atoms with E-state index in [9.17, 15) is 48.6 Å². The van der Waals surface area contributed by atoms with Gasteiger partial charge in [-0.2, -0.15) is 25.3 Å². The SMILES string of the molecule is CC(C)[C@H](NC(=O)[C@H](CCCCN)NC(=O)[C@@H](Cc1c[nH]c2ccccc12)NC(=O)[C@H](Cc1ccc(O)cc1)NC(=O)[C@H](CS)NC(=O)[C@H](N)Cc1c[nH]c2ccccc12)C(=O)N[C@@H](CS)C(=O)N[C@H](C(N)=O)[C@@H](C)O. The summed E-state index contributed by atoms with van der Waals surface area (Å²) < 4.78 is 0. The van der Waals surface area contributed by atoms with Crippen LogP contribution in [0.5, 0.6) is 5.75 Å². The first-order valence-corrected chi connectivity index (χ1v) is 26.2. The lowest BCUT2D eigenvalue weighted by atomic mass is 10.00. The normalized spacial score (nSPS) is 15.0. The number of nitrogens with two attached hydrogens (primary N) is 3. The van der Waals surface area contributed by atoms with Gasteiger partial charge in [-0.3, -0.25) is 38.4 Å². The Bertz CT molecular complexity index is 2810. The summed E-state index contributed by atoms with van der Waals surface area (Å²) >= 11 is 8.53. The summed E-state index contributed by atoms with van der Waals surface area (Å²) in [5, 5.41) is 40.1. The number of hydrogen-bond acceptors (Lipinski definition) is 14. The number of carbonyl (C=O) groups excluding carboxylic acids is 8. The third kappa shape index (κ3) is 16.7. The van der Waals surface area contributed by atoms with E-state index in [0.717, 1.165) is 27.4 Å². The number of H-pyrrole nitrogens is 2. The smallest absolute Gasteiger partial charge is 0.244 e. The van der Waals surface area contributed by atoms with Crippen molar-refractivity contribution in [2.75, 3.05) is 18.1 Å². The molecule has 24 heteroatoms. The van der Waals surface area contributed by atoms with Crippen LogP contribution in [0.4, 0.5) is 0 Å². The molecule has 76 heavy (non-hydrogen) atoms. The number of hydrogen-bond donors (Lipinski definition) is 16. The first-order chi connectivity index (χ1) is 36.2. The van der Waals surface area contributed by atoms with Crippen molar-refractivity contribution in [1.29, 1.82) is 0 Å². The molecular formula is C52H70N12O10S2. The number of aromatic hydroxyl groups is 1. The van der Waals surface area contributed by atoms with Gasteiger partial charge in [-0.05, 0) is 86.0 Å². The van der Waals surface area contributed by atoms with Gasteiger partial charge in [0.05, 0.1) is 12.1 Å². The molecule has 0 saturated carbocycles. The number of thiol groups is 2. The lowest BCUT2D eigenvalue weighted by Crippen LogP contribution is -2.62. The van der Waals surface area contributed by atoms with Crippen molar-refractivity contribution in [2.45, 2.75) is 114 Å². The van der Waals surface area contributed by atoms with E-state index in [0.29, 0.717) is 24.0 Å². The number of aliphatic hydroxyl groups is 1. The number of aromatic amines is 2. The van der Waals surface area contributed by atoms with Gasteiger partial charge in [0.25, 0.3) is 0 Å². The second-order valence-corrected chi connectivity index (χ2v) is 19.6. The van der Waals surface area contributed by atoms with Gasteiger partial charge in [0.15, 0.2) is 0 Å². The van der Waals surface area contributed by atoms with Gasteiger partial charge in [-0.1, -0.05) is 62.4 Å². The molecule has 0 aliphatic heterocycles. The zero-order valence-electron chi connectivity index (χ0n) is 42.5. The highest BCUT2D eigenvalue weighted by molar-refractivity contribution is 7.80. The average molecular weight is 1090 g/mol. The van der Waals surface area contributed by atoms with E-state index in [1.807, 2.05) is 42.5 Å². The van der Waals surface area contributed by atoms with Crippen molar-refractivity contribution in [3.8, 4) is 5.75 Å². The highest BCUT2D eigenvalue weighted by Crippen LogP contribution is 2.21. The molecule has 0 radical (unpaired) electrons. The van der Waals surface area contributed by atoms with E-state index in [-0.39, 0.29) is 49.5 Å². The third-order valence-electron chi connectivity index (χ3n) is 12.7. The summed E-state index contributed by atoms with van der Waals surface area (Å²) in [4.78, 5) is 116. The van der Waals surface area contributed by atoms with Gasteiger partial charge in [0, 0.05) is 58.5 Å². The molecule has 0 aliphatic rings. The van der Waals surface area contributed by atoms with Gasteiger partial charge < -0.3 is 74.6 Å². The fraction of sp³-hybridized carbons (Fsp3) is 0.423. The van der Waals surface area contributed by atoms with Crippen LogP contribution in [-0.2, 0) is 57.6 Å². The number of aliphatic hydroxyl groups excluding tert-OH is 1. The molecule has 0 saturated heterocycles. The zero-order chi connectivity index (χ0) is 55.6. The van der Waals surface area contributed by atoms with Crippen LogP contribution in [-0.4, -0.2) is 140 Å². The van der Waals surface area contributed by atoms with Crippen molar-refractivity contribution >= 4 is 94.3 Å². The van der Waals surface area contributed by atoms with Crippen molar-refractivity contribution in [3.05, 3.63) is 102 Å². The molecule has 3 aromatic carbocycles. The molecule has 410 valence electrons. The molecule has 5 aromatic rings. The van der Waals surface area contributed by atoms with Gasteiger partial charge >= 0.3 is 0 Å². The standard InChI is InChI=1S/C52H70N12O10S2/c1-27(2)43(52(74)62-42(26-76)51(73)64-44(28(3)65)45(55)67)63-47(69)38(14-8-9-19-53)58-49(71)40(22-31-24-57-37-13-7-5-11-34(31)37)60-48(70)39(20-29-15-17-32(66)18-16-29)59-50(72)41(25-75)61-46(68)35(54)21-30-23-56-36-12-6-4-10-33(30)36/h4-7,10-13,15-18,23-24,27-28,35,38-44,56-57,65-66,75-76H,8-9,14,19-22,25-26,53-54H2,1-3H3,(H2,55,67)(H,58,71)(H,59,72)(H,60,70)(H,61,68)(H,62,74)(H,63,69)(H,64,73)/t28-,35-,38+,39+,40-,41+,42+,43+,44+/m1/s1. The Labute approximate surface area is 450 Å². The Hall–Kier alpha value is -7.12. The Morgan fingerprint density at radius 2 is 1.00 bits per heavy atom. The molecule has 0 bridgehead atoms. The molecule has 2 heterocycles. The lowest BCUT2D eigenvalue weighted by Gasteiger charge is -2.29. The molecule has 2 aromatic heterocycles. The molecule has 0 fully saturated rings. The van der Waals surface area contributed by atoms with Crippen LogP contribution < -0.4 is 54.4 Å². The molecule has 9 atom stereocenters. The number of carbonyl (C=O) groups is 8. The van der Waals surface area contributed by atoms with E-state index >= 15 is 0 Å². The Balaban J connectivity index is 1.39. The van der Waals surface area contributed by atoms with Gasteiger partial charge in [-0.25, -0.2) is 0 Å². The number of aromatic nitrogens is 2. The van der Waals surface area contributed by atoms with Crippen LogP contribution in [0.15, 0.2) is 85.2 Å². The monoisotopic (exact) mass is 1090 g/mol. The van der Waals surface area contributed by atoms with Crippen molar-refractivity contribution < 1.29 is 48.6 Å². The molecule has 17 N–H and O–H groups in total. The lowest BCUT2D eigenvalue weighted by molar-refractivity contribution is -0.136. The fourth-order valence-corrected chi connectivity index (χ4v) is 8.93. The van der Waals surface area contributed by atoms with E-state index in [1.165, 1.54) is 19.1 Å². The number of amides is 8. The number of para-hydroxylation sites is 2. The largest absolute Gasteiger partial charge is 0.508 e. The average Bonchev–Trinajstić information content (AvgIpc) is 4.00. The summed E-state index contributed by atoms with van der Waals surface area (Å²) in [5.74, 6) is -7.53. The first-order valence-electron chi connectivity index (χ1n) is 24.9. The van der Waals surface area contributed by atoms with Crippen LogP contribution in [0.3, 0.4) is 0 Å². The molecule has 0 spiro atoms. The van der Waals surface area contributed by atoms with Crippen LogP contribution in [0.2, 0.25) is 0 Å². The van der Waals surface area contributed by atoms with Crippen molar-refractivity contribution in [3.63, 3.8) is 0 Å². The van der Waals surface area contributed by atoms with Crippen LogP contribution in [0.1, 0.15) is 56.7 Å². The van der Waals surface area contributed by atoms with Crippen molar-refractivity contribution in [2.24, 2.45) is 23.1 Å². The number of fused-ring (bicyclic) bond motifs is 2. The molecular weight excluding hydrogens is 1020 g/mol. The Kier molecular flexibility index (Phi) is 22.6. The topological polar surface area (TPSA) is 371 Å². The van der Waals surface area contributed by atoms with Crippen LogP contribution in [0.25, 0.3) is 21.8 Å². The van der Waals surface area contributed by atoms with Crippen LogP contribution in [0, 0.1) is 5.92 Å². The predicted molar refractivity (Wildman–Crippen MR) is 294 cm³/mol. The summed E-state index contributed by atoms with van der Waals surface area (Å²) in [7, 11) is 0. The maximum absolute atomic E-state index is 14.7. The fourth-order valence-electron chi connectivity index (χ4n) is 8.42. The number of nitrogens with one attached hydrogen (secondary N) is 9. The number of primary amides is 1. The minimum atomic E-state index is -1.46. The Morgan fingerprint density at radius 3 is 1.51 bits per heavy atom. The minimum absolute atomic E-state index is 0.0468. The number of phenolic OH excluding ortho intramolecular Hbond substituents is 1. The Morgan fingerprint density at radius 1 is 0.553 bits per heavy atom. The second kappa shape index (κ2) is 28.7. The minimum Gasteiger partial charge on any atom is -0.508 e. The van der Waals surface area contributed by atoms with E-state index in [1.54, 1.807) is 44.4 Å². The molecule has 8 amide bonds. The predicted octanol–water partition coefficient (Wildman–Crippen LogP) is -0.386. The highest BCUT2D eigenvalue weighted by Gasteiger charge is 2.36. The quantitative estimate of drug-likeness (QED) is 0.0215. The van der Waals surface area contributed by atoms with Gasteiger partial charge in [0.1, 0.15) is 48.0 Å². The van der Waals surface area contributed by atoms with Crippen LogP contribution >= 0.6 is 25.3 Å². The molecule has 22 nitrogen and oxygen atoms in total. The van der Waals surface area contributed by atoms with Gasteiger partial charge in [0.2, 0.25) is 47.3 Å². The first kappa shape index (κ1) is 59.8. The number of benzene rings is 3. The maximum Gasteiger partial charge on any atom is 0.244 e. The molecule has 0 unspecified atom stereocenters. The number of rotatable bonds is 29. The van der Waals surface area contributed by atoms with E-state index < -0.39 is 108 Å². The number of phenols is 1. The summed E-state index contributed by atoms with van der Waals surface area (Å²) in [6.45, 7) is 4.81. The maximum atomic E-state index is 14.7. The van der Waals surface area contributed by atoms with Gasteiger partial charge in [-0.15, -0.1) is 0 Å².